The Kier molecular flexibility index (Phi) is 4.72. The molecule has 0 aromatic rings. The topological polar surface area (TPSA) is 40.5 Å². The molecule has 2 N–H and O–H groups in total. The van der Waals surface area contributed by atoms with E-state index >= 15 is 0 Å². The van der Waals surface area contributed by atoms with Crippen molar-refractivity contribution < 1.29 is 10.2 Å². The largest absolute Gasteiger partial charge is 0.393 e. The minimum atomic E-state index is -0.319. The van der Waals surface area contributed by atoms with Crippen LogP contribution in [0.15, 0.2) is 0 Å². The van der Waals surface area contributed by atoms with Gasteiger partial charge in [-0.3, -0.25) is 0 Å². The highest BCUT2D eigenvalue weighted by Crippen LogP contribution is 2.03. The van der Waals surface area contributed by atoms with E-state index in [1.165, 1.54) is 0 Å². The third-order valence-corrected chi connectivity index (χ3v) is 1.49. The monoisotopic (exact) mass is 132 g/mol. The lowest BCUT2D eigenvalue weighted by molar-refractivity contribution is 0.0765. The molecule has 9 heavy (non-hydrogen) atoms. The first-order valence-electron chi connectivity index (χ1n) is 3.56. The van der Waals surface area contributed by atoms with Gasteiger partial charge in [-0.2, -0.15) is 0 Å². The molecule has 0 aliphatic carbocycles. The van der Waals surface area contributed by atoms with E-state index in [1.54, 1.807) is 0 Å². The van der Waals surface area contributed by atoms with Gasteiger partial charge in [0, 0.05) is 0 Å². The van der Waals surface area contributed by atoms with Crippen LogP contribution < -0.4 is 0 Å². The van der Waals surface area contributed by atoms with Crippen molar-refractivity contribution in [3.05, 3.63) is 0 Å². The Hall–Kier alpha value is -0.0800. The van der Waals surface area contributed by atoms with Crippen LogP contribution in [0.3, 0.4) is 0 Å². The molecule has 1 unspecified atom stereocenters. The molecule has 0 aromatic heterocycles. The van der Waals surface area contributed by atoms with Gasteiger partial charge in [-0.05, 0) is 19.3 Å². The average Bonchev–Trinajstić information content (AvgIpc) is 1.87. The van der Waals surface area contributed by atoms with Crippen molar-refractivity contribution in [3.63, 3.8) is 0 Å². The second-order valence-electron chi connectivity index (χ2n) is 2.36. The van der Waals surface area contributed by atoms with Gasteiger partial charge in [0.05, 0.1) is 12.2 Å². The summed E-state index contributed by atoms with van der Waals surface area (Å²) in [6, 6.07) is 0. The van der Waals surface area contributed by atoms with Crippen LogP contribution in [0.25, 0.3) is 0 Å². The van der Waals surface area contributed by atoms with Gasteiger partial charge >= 0.3 is 0 Å². The molecule has 0 aliphatic rings. The van der Waals surface area contributed by atoms with Crippen molar-refractivity contribution in [1.82, 2.24) is 0 Å². The fraction of sp³-hybridized carbons (Fsp3) is 1.00. The summed E-state index contributed by atoms with van der Waals surface area (Å²) in [6.45, 7) is 3.82. The molecule has 0 saturated carbocycles. The lowest BCUT2D eigenvalue weighted by Gasteiger charge is -2.11. The second kappa shape index (κ2) is 4.77. The Morgan fingerprint density at radius 2 is 1.33 bits per heavy atom. The minimum Gasteiger partial charge on any atom is -0.393 e. The fourth-order valence-electron chi connectivity index (χ4n) is 0.647. The Morgan fingerprint density at radius 1 is 1.00 bits per heavy atom. The van der Waals surface area contributed by atoms with Gasteiger partial charge in [0.15, 0.2) is 0 Å². The zero-order chi connectivity index (χ0) is 7.28. The highest BCUT2D eigenvalue weighted by atomic mass is 16.3. The Balaban J connectivity index is 3.22. The highest BCUT2D eigenvalue weighted by Gasteiger charge is 2.06. The molecule has 0 fully saturated rings. The summed E-state index contributed by atoms with van der Waals surface area (Å²) >= 11 is 0. The minimum absolute atomic E-state index is 0.319. The van der Waals surface area contributed by atoms with E-state index in [-0.39, 0.29) is 12.2 Å². The first kappa shape index (κ1) is 8.92. The predicted molar refractivity (Wildman–Crippen MR) is 37.2 cm³/mol. The Morgan fingerprint density at radius 3 is 1.56 bits per heavy atom. The van der Waals surface area contributed by atoms with Crippen molar-refractivity contribution in [3.8, 4) is 0 Å². The maximum atomic E-state index is 9.00. The molecular formula is C7H16O2. The Bertz CT molecular complexity index is 55.9. The quantitative estimate of drug-likeness (QED) is 0.597. The van der Waals surface area contributed by atoms with Crippen molar-refractivity contribution in [2.24, 2.45) is 0 Å². The van der Waals surface area contributed by atoms with Crippen LogP contribution in [0.2, 0.25) is 0 Å². The van der Waals surface area contributed by atoms with E-state index < -0.39 is 0 Å². The smallest absolute Gasteiger partial charge is 0.0562 e. The van der Waals surface area contributed by atoms with Crippen molar-refractivity contribution in [2.45, 2.75) is 45.3 Å². The Labute approximate surface area is 56.5 Å². The van der Waals surface area contributed by atoms with Gasteiger partial charge in [-0.25, -0.2) is 0 Å². The zero-order valence-electron chi connectivity index (χ0n) is 6.17. The van der Waals surface area contributed by atoms with Gasteiger partial charge < -0.3 is 10.2 Å². The summed E-state index contributed by atoms with van der Waals surface area (Å²) in [5.74, 6) is 0. The van der Waals surface area contributed by atoms with E-state index in [2.05, 4.69) is 0 Å². The van der Waals surface area contributed by atoms with Crippen LogP contribution in [-0.2, 0) is 0 Å². The van der Waals surface area contributed by atoms with Crippen LogP contribution in [0, 0.1) is 0 Å². The standard InChI is InChI=1S/C7H16O2/c1-3-6(8)5-7(9)4-2/h6-9H,3-5H2,1-2H3/t6-,7?/m0/s1. The van der Waals surface area contributed by atoms with E-state index in [4.69, 9.17) is 10.2 Å². The molecule has 0 rings (SSSR count). The van der Waals surface area contributed by atoms with Gasteiger partial charge in [-0.1, -0.05) is 13.8 Å². The number of aliphatic hydroxyl groups excluding tert-OH is 2. The maximum absolute atomic E-state index is 9.00. The lowest BCUT2D eigenvalue weighted by atomic mass is 10.1. The van der Waals surface area contributed by atoms with Crippen LogP contribution in [-0.4, -0.2) is 22.4 Å². The van der Waals surface area contributed by atoms with Crippen molar-refractivity contribution in [2.75, 3.05) is 0 Å². The molecule has 0 aromatic carbocycles. The number of hydrogen-bond acceptors (Lipinski definition) is 2. The van der Waals surface area contributed by atoms with E-state index in [0.717, 1.165) is 12.8 Å². The molecule has 0 heterocycles. The summed E-state index contributed by atoms with van der Waals surface area (Å²) in [5.41, 5.74) is 0. The molecule has 0 spiro atoms. The van der Waals surface area contributed by atoms with Crippen molar-refractivity contribution in [1.29, 1.82) is 0 Å². The SMILES string of the molecule is CCC(O)C[C@@H](O)CC. The third-order valence-electron chi connectivity index (χ3n) is 1.49. The summed E-state index contributed by atoms with van der Waals surface area (Å²) in [4.78, 5) is 0. The number of aliphatic hydroxyl groups is 2. The van der Waals surface area contributed by atoms with Gasteiger partial charge in [0.2, 0.25) is 0 Å². The molecule has 0 amide bonds. The van der Waals surface area contributed by atoms with Crippen LogP contribution in [0.4, 0.5) is 0 Å². The molecule has 2 atom stereocenters. The molecule has 0 saturated heterocycles. The summed E-state index contributed by atoms with van der Waals surface area (Å²) in [6.07, 6.45) is 1.35. The average molecular weight is 132 g/mol. The number of rotatable bonds is 4. The van der Waals surface area contributed by atoms with Gasteiger partial charge in [-0.15, -0.1) is 0 Å². The molecule has 2 heteroatoms. The fourth-order valence-corrected chi connectivity index (χ4v) is 0.647. The molecule has 56 valence electrons. The second-order valence-corrected chi connectivity index (χ2v) is 2.36. The highest BCUT2D eigenvalue weighted by molar-refractivity contribution is 4.59. The van der Waals surface area contributed by atoms with Gasteiger partial charge in [0.25, 0.3) is 0 Å². The number of hydrogen-bond donors (Lipinski definition) is 2. The molecule has 0 aliphatic heterocycles. The predicted octanol–water partition coefficient (Wildman–Crippen LogP) is 0.918. The van der Waals surface area contributed by atoms with Crippen molar-refractivity contribution >= 4 is 0 Å². The molecule has 0 bridgehead atoms. The van der Waals surface area contributed by atoms with Crippen LogP contribution in [0.1, 0.15) is 33.1 Å². The normalized spacial score (nSPS) is 17.3. The van der Waals surface area contributed by atoms with Gasteiger partial charge in [0.1, 0.15) is 0 Å². The summed E-state index contributed by atoms with van der Waals surface area (Å²) in [5, 5.41) is 18.0. The van der Waals surface area contributed by atoms with E-state index in [9.17, 15) is 0 Å². The molecule has 0 radical (unpaired) electrons. The van der Waals surface area contributed by atoms with E-state index in [1.807, 2.05) is 13.8 Å². The lowest BCUT2D eigenvalue weighted by Crippen LogP contribution is -2.15. The first-order chi connectivity index (χ1) is 4.20. The maximum Gasteiger partial charge on any atom is 0.0562 e. The zero-order valence-corrected chi connectivity index (χ0v) is 6.17. The molecule has 2 nitrogen and oxygen atoms in total. The first-order valence-corrected chi connectivity index (χ1v) is 3.56. The van der Waals surface area contributed by atoms with E-state index in [0.29, 0.717) is 6.42 Å². The summed E-state index contributed by atoms with van der Waals surface area (Å²) in [7, 11) is 0. The van der Waals surface area contributed by atoms with Crippen LogP contribution in [0.5, 0.6) is 0 Å². The summed E-state index contributed by atoms with van der Waals surface area (Å²) < 4.78 is 0. The molecular weight excluding hydrogens is 116 g/mol. The van der Waals surface area contributed by atoms with Crippen LogP contribution >= 0.6 is 0 Å². The third kappa shape index (κ3) is 4.43.